The van der Waals surface area contributed by atoms with Crippen molar-refractivity contribution in [3.8, 4) is 11.5 Å². The lowest BCUT2D eigenvalue weighted by atomic mass is 10.1. The number of ether oxygens (including phenoxy) is 4. The molecule has 1 saturated carbocycles. The van der Waals surface area contributed by atoms with E-state index in [1.165, 1.54) is 12.8 Å². The lowest BCUT2D eigenvalue weighted by Crippen LogP contribution is -2.51. The summed E-state index contributed by atoms with van der Waals surface area (Å²) in [6.07, 6.45) is 1.84. The molecule has 2 atom stereocenters. The predicted molar refractivity (Wildman–Crippen MR) is 114 cm³/mol. The highest BCUT2D eigenvalue weighted by molar-refractivity contribution is 5.95. The van der Waals surface area contributed by atoms with Gasteiger partial charge in [-0.05, 0) is 50.8 Å². The molecule has 0 spiro atoms. The minimum absolute atomic E-state index is 0.00343. The molecule has 1 amide bonds. The number of rotatable bonds is 10. The molecule has 2 unspecified atom stereocenters. The second kappa shape index (κ2) is 10.2. The van der Waals surface area contributed by atoms with Gasteiger partial charge in [0, 0.05) is 38.3 Å². The van der Waals surface area contributed by atoms with Crippen molar-refractivity contribution in [3.05, 3.63) is 23.8 Å². The third-order valence-corrected chi connectivity index (χ3v) is 5.82. The summed E-state index contributed by atoms with van der Waals surface area (Å²) in [5.41, 5.74) is 0.610. The molecular formula is C23H34N2O6. The largest absolute Gasteiger partial charge is 0.454 e. The van der Waals surface area contributed by atoms with Crippen LogP contribution < -0.4 is 9.47 Å². The van der Waals surface area contributed by atoms with E-state index in [4.69, 9.17) is 18.9 Å². The number of β-amino-alcohol motifs (C(OH)–C–C–N with tert-alkyl or cyclic N) is 1. The maximum absolute atomic E-state index is 13.3. The van der Waals surface area contributed by atoms with E-state index < -0.39 is 6.10 Å². The van der Waals surface area contributed by atoms with Gasteiger partial charge in [-0.2, -0.15) is 0 Å². The quantitative estimate of drug-likeness (QED) is 0.601. The molecule has 2 heterocycles. The van der Waals surface area contributed by atoms with Crippen molar-refractivity contribution < 1.29 is 28.8 Å². The van der Waals surface area contributed by atoms with E-state index in [-0.39, 0.29) is 24.9 Å². The van der Waals surface area contributed by atoms with Crippen LogP contribution in [0.15, 0.2) is 18.2 Å². The Balaban J connectivity index is 1.35. The first-order valence-corrected chi connectivity index (χ1v) is 11.3. The average Bonchev–Trinajstić information content (AvgIpc) is 3.44. The molecule has 1 aromatic carbocycles. The molecule has 0 aromatic heterocycles. The maximum atomic E-state index is 13.3. The lowest BCUT2D eigenvalue weighted by Gasteiger charge is -2.36. The highest BCUT2D eigenvalue weighted by atomic mass is 16.7. The van der Waals surface area contributed by atoms with Gasteiger partial charge in [-0.1, -0.05) is 0 Å². The number of carbonyl (C=O) groups is 1. The molecule has 0 bridgehead atoms. The Labute approximate surface area is 184 Å². The molecule has 8 nitrogen and oxygen atoms in total. The van der Waals surface area contributed by atoms with Crippen LogP contribution in [0.2, 0.25) is 0 Å². The van der Waals surface area contributed by atoms with E-state index in [9.17, 15) is 9.90 Å². The van der Waals surface area contributed by atoms with Crippen LogP contribution in [0.5, 0.6) is 11.5 Å². The number of hydrogen-bond acceptors (Lipinski definition) is 7. The molecule has 1 aromatic rings. The Morgan fingerprint density at radius 1 is 1.26 bits per heavy atom. The van der Waals surface area contributed by atoms with Crippen molar-refractivity contribution in [2.45, 2.75) is 45.0 Å². The number of hydrogen-bond donors (Lipinski definition) is 1. The zero-order valence-electron chi connectivity index (χ0n) is 18.5. The third kappa shape index (κ3) is 6.32. The molecule has 8 heteroatoms. The van der Waals surface area contributed by atoms with Crippen LogP contribution in [-0.2, 0) is 9.47 Å². The standard InChI is InChI=1S/C23H34N2O6/c1-16(2)29-14-19(26)11-24-7-8-28-20(12-24)13-25(10-17-3-4-17)23(27)18-5-6-21-22(9-18)31-15-30-21/h5-6,9,16-17,19-20,26H,3-4,7-8,10-15H2,1-2H3. The van der Waals surface area contributed by atoms with Crippen LogP contribution in [-0.4, -0.2) is 91.9 Å². The van der Waals surface area contributed by atoms with Gasteiger partial charge in [-0.3, -0.25) is 9.69 Å². The summed E-state index contributed by atoms with van der Waals surface area (Å²) in [4.78, 5) is 17.4. The van der Waals surface area contributed by atoms with E-state index >= 15 is 0 Å². The number of amides is 1. The molecule has 31 heavy (non-hydrogen) atoms. The summed E-state index contributed by atoms with van der Waals surface area (Å²) in [7, 11) is 0. The molecular weight excluding hydrogens is 400 g/mol. The normalized spacial score (nSPS) is 22.0. The van der Waals surface area contributed by atoms with Crippen LogP contribution in [0, 0.1) is 5.92 Å². The fourth-order valence-electron chi connectivity index (χ4n) is 4.02. The number of benzene rings is 1. The highest BCUT2D eigenvalue weighted by Gasteiger charge is 2.31. The molecule has 1 saturated heterocycles. The molecule has 3 aliphatic rings. The van der Waals surface area contributed by atoms with Crippen molar-refractivity contribution in [2.75, 3.05) is 52.7 Å². The smallest absolute Gasteiger partial charge is 0.254 e. The van der Waals surface area contributed by atoms with Crippen molar-refractivity contribution >= 4 is 5.91 Å². The molecule has 172 valence electrons. The number of aliphatic hydroxyl groups excluding tert-OH is 1. The van der Waals surface area contributed by atoms with Crippen LogP contribution in [0.3, 0.4) is 0 Å². The van der Waals surface area contributed by atoms with Crippen LogP contribution in [0.4, 0.5) is 0 Å². The highest BCUT2D eigenvalue weighted by Crippen LogP contribution is 2.34. The lowest BCUT2D eigenvalue weighted by molar-refractivity contribution is -0.0628. The summed E-state index contributed by atoms with van der Waals surface area (Å²) >= 11 is 0. The van der Waals surface area contributed by atoms with Crippen LogP contribution in [0.25, 0.3) is 0 Å². The van der Waals surface area contributed by atoms with Gasteiger partial charge in [-0.25, -0.2) is 0 Å². The molecule has 2 aliphatic heterocycles. The fraction of sp³-hybridized carbons (Fsp3) is 0.696. The average molecular weight is 435 g/mol. The van der Waals surface area contributed by atoms with E-state index in [0.29, 0.717) is 55.8 Å². The van der Waals surface area contributed by atoms with Crippen molar-refractivity contribution in [1.29, 1.82) is 0 Å². The van der Waals surface area contributed by atoms with Crippen molar-refractivity contribution in [1.82, 2.24) is 9.80 Å². The monoisotopic (exact) mass is 434 g/mol. The predicted octanol–water partition coefficient (Wildman–Crippen LogP) is 1.75. The van der Waals surface area contributed by atoms with E-state index in [2.05, 4.69) is 4.90 Å². The number of fused-ring (bicyclic) bond motifs is 1. The number of carbonyl (C=O) groups excluding carboxylic acids is 1. The Morgan fingerprint density at radius 2 is 2.06 bits per heavy atom. The van der Waals surface area contributed by atoms with Crippen LogP contribution >= 0.6 is 0 Å². The number of nitrogens with zero attached hydrogens (tertiary/aromatic N) is 2. The van der Waals surface area contributed by atoms with Gasteiger partial charge >= 0.3 is 0 Å². The van der Waals surface area contributed by atoms with Gasteiger partial charge < -0.3 is 29.0 Å². The van der Waals surface area contributed by atoms with Gasteiger partial charge in [0.15, 0.2) is 11.5 Å². The Bertz CT molecular complexity index is 754. The second-order valence-corrected chi connectivity index (χ2v) is 9.01. The first-order valence-electron chi connectivity index (χ1n) is 11.3. The summed E-state index contributed by atoms with van der Waals surface area (Å²) in [6.45, 7) is 8.34. The number of morpholine rings is 1. The second-order valence-electron chi connectivity index (χ2n) is 9.01. The Morgan fingerprint density at radius 3 is 2.84 bits per heavy atom. The minimum atomic E-state index is -0.529. The fourth-order valence-corrected chi connectivity index (χ4v) is 4.02. The third-order valence-electron chi connectivity index (χ3n) is 5.82. The van der Waals surface area contributed by atoms with Crippen LogP contribution in [0.1, 0.15) is 37.0 Å². The van der Waals surface area contributed by atoms with E-state index in [0.717, 1.165) is 13.1 Å². The minimum Gasteiger partial charge on any atom is -0.454 e. The van der Waals surface area contributed by atoms with Gasteiger partial charge in [0.2, 0.25) is 6.79 Å². The van der Waals surface area contributed by atoms with Gasteiger partial charge in [-0.15, -0.1) is 0 Å². The van der Waals surface area contributed by atoms with Gasteiger partial charge in [0.1, 0.15) is 0 Å². The summed E-state index contributed by atoms with van der Waals surface area (Å²) in [5.74, 6) is 1.87. The Hall–Kier alpha value is -1.87. The van der Waals surface area contributed by atoms with E-state index in [1.54, 1.807) is 18.2 Å². The van der Waals surface area contributed by atoms with Crippen molar-refractivity contribution in [2.24, 2.45) is 5.92 Å². The zero-order valence-corrected chi connectivity index (χ0v) is 18.5. The molecule has 2 fully saturated rings. The number of aliphatic hydroxyl groups is 1. The van der Waals surface area contributed by atoms with Gasteiger partial charge in [0.05, 0.1) is 31.5 Å². The van der Waals surface area contributed by atoms with E-state index in [1.807, 2.05) is 18.7 Å². The first kappa shape index (κ1) is 22.3. The maximum Gasteiger partial charge on any atom is 0.254 e. The SMILES string of the molecule is CC(C)OCC(O)CN1CCOC(CN(CC2CC2)C(=O)c2ccc3c(c2)OCO3)C1. The van der Waals surface area contributed by atoms with Crippen molar-refractivity contribution in [3.63, 3.8) is 0 Å². The summed E-state index contributed by atoms with van der Waals surface area (Å²) in [6, 6.07) is 5.36. The molecule has 4 rings (SSSR count). The molecule has 1 aliphatic carbocycles. The zero-order chi connectivity index (χ0) is 21.8. The van der Waals surface area contributed by atoms with Gasteiger partial charge in [0.25, 0.3) is 5.91 Å². The molecule has 1 N–H and O–H groups in total. The first-order chi connectivity index (χ1) is 15.0. The summed E-state index contributed by atoms with van der Waals surface area (Å²) < 4.78 is 22.3. The topological polar surface area (TPSA) is 80.7 Å². The Kier molecular flexibility index (Phi) is 7.32. The molecule has 0 radical (unpaired) electrons. The summed E-state index contributed by atoms with van der Waals surface area (Å²) in [5, 5.41) is 10.3.